The zero-order valence-electron chi connectivity index (χ0n) is 33.6. The molecule has 0 saturated carbocycles. The average Bonchev–Trinajstić information content (AvgIpc) is 3.99. The molecule has 7 heteroatoms. The maximum atomic E-state index is 6.46. The molecular formula is C53H43N7. The molecule has 3 atom stereocenters. The van der Waals surface area contributed by atoms with Gasteiger partial charge in [-0.25, -0.2) is 9.98 Å². The second kappa shape index (κ2) is 14.1. The van der Waals surface area contributed by atoms with Gasteiger partial charge in [0, 0.05) is 55.2 Å². The summed E-state index contributed by atoms with van der Waals surface area (Å²) >= 11 is 0. The topological polar surface area (TPSA) is 54.8 Å². The molecule has 11 rings (SSSR count). The first-order valence-corrected chi connectivity index (χ1v) is 20.7. The van der Waals surface area contributed by atoms with Crippen molar-refractivity contribution in [1.82, 2.24) is 23.9 Å². The third-order valence-electron chi connectivity index (χ3n) is 12.4. The third-order valence-corrected chi connectivity index (χ3v) is 12.4. The fourth-order valence-electron chi connectivity index (χ4n) is 9.98. The molecule has 0 amide bonds. The summed E-state index contributed by atoms with van der Waals surface area (Å²) in [5.41, 5.74) is 10.8. The molecule has 0 spiro atoms. The first-order valence-electron chi connectivity index (χ1n) is 20.7. The number of benzene rings is 4. The minimum absolute atomic E-state index is 0.0812. The molecule has 4 aromatic carbocycles. The average molecular weight is 778 g/mol. The standard InChI is InChI=1S/C53H43N7/c1-5-19-44-36(7-3)40-29-48-42(38-25-15-17-27-46(38)57(48)34-21-11-9-12-22-34)31-50(40)59(44)52-54-33-55-53(56-52)60-45(20-6-2)37(8-4)41-30-49-43(32-51(41)60)39-26-16-18-28-47(39)58(49)35-23-13-10-14-24-35/h3,5-6,8-9,11-13,15-33,40,50,52H,4,10,14H2,1-2H3,(H,54,55,56)/b19-5-,20-6-/t40?,50-,52?/m0/s1. The van der Waals surface area contributed by atoms with Crippen LogP contribution in [0.5, 0.6) is 0 Å². The van der Waals surface area contributed by atoms with Gasteiger partial charge in [-0.2, -0.15) is 0 Å². The number of hydrogen-bond acceptors (Lipinski definition) is 4. The maximum absolute atomic E-state index is 6.46. The number of rotatable bonds is 6. The molecule has 1 N–H and O–H groups in total. The van der Waals surface area contributed by atoms with E-state index in [1.807, 2.05) is 19.9 Å². The highest BCUT2D eigenvalue weighted by Crippen LogP contribution is 2.42. The van der Waals surface area contributed by atoms with Crippen molar-refractivity contribution in [2.75, 3.05) is 0 Å². The van der Waals surface area contributed by atoms with Gasteiger partial charge in [0.1, 0.15) is 0 Å². The van der Waals surface area contributed by atoms with Crippen LogP contribution in [-0.4, -0.2) is 43.2 Å². The van der Waals surface area contributed by atoms with E-state index in [4.69, 9.17) is 16.4 Å². The summed E-state index contributed by atoms with van der Waals surface area (Å²) in [6, 6.07) is 32.4. The molecule has 2 aliphatic heterocycles. The van der Waals surface area contributed by atoms with Crippen LogP contribution < -0.4 is 15.9 Å². The molecule has 7 nitrogen and oxygen atoms in total. The Labute approximate surface area is 348 Å². The fraction of sp³-hybridized carbons (Fsp3) is 0.132. The summed E-state index contributed by atoms with van der Waals surface area (Å²) in [6.45, 7) is 8.42. The molecule has 0 radical (unpaired) electrons. The van der Waals surface area contributed by atoms with Crippen LogP contribution in [0, 0.1) is 18.3 Å². The Morgan fingerprint density at radius 1 is 0.783 bits per heavy atom. The normalized spacial score (nSPS) is 19.8. The van der Waals surface area contributed by atoms with E-state index in [1.54, 1.807) is 6.34 Å². The molecule has 7 aromatic rings. The van der Waals surface area contributed by atoms with Crippen LogP contribution in [-0.2, 0) is 0 Å². The highest BCUT2D eigenvalue weighted by Gasteiger charge is 2.42. The predicted octanol–water partition coefficient (Wildman–Crippen LogP) is 9.72. The van der Waals surface area contributed by atoms with Crippen molar-refractivity contribution in [1.29, 1.82) is 0 Å². The van der Waals surface area contributed by atoms with Crippen molar-refractivity contribution in [3.8, 4) is 18.0 Å². The van der Waals surface area contributed by atoms with Crippen LogP contribution in [0.2, 0.25) is 0 Å². The van der Waals surface area contributed by atoms with Crippen LogP contribution >= 0.6 is 0 Å². The first kappa shape index (κ1) is 35.6. The summed E-state index contributed by atoms with van der Waals surface area (Å²) in [4.78, 5) is 12.8. The Bertz CT molecular complexity index is 3360. The summed E-state index contributed by atoms with van der Waals surface area (Å²) in [6.07, 6.45) is 31.7. The van der Waals surface area contributed by atoms with Crippen molar-refractivity contribution in [3.05, 3.63) is 167 Å². The monoisotopic (exact) mass is 777 g/mol. The molecule has 0 saturated heterocycles. The van der Waals surface area contributed by atoms with Gasteiger partial charge in [0.25, 0.3) is 0 Å². The lowest BCUT2D eigenvalue weighted by Gasteiger charge is -2.34. The summed E-state index contributed by atoms with van der Waals surface area (Å²) in [7, 11) is 0. The lowest BCUT2D eigenvalue weighted by molar-refractivity contribution is 0.246. The van der Waals surface area contributed by atoms with E-state index in [9.17, 15) is 0 Å². The Hall–Kier alpha value is -7.56. The number of allylic oxidation sites excluding steroid dienone is 7. The predicted molar refractivity (Wildman–Crippen MR) is 252 cm³/mol. The second-order valence-corrected chi connectivity index (χ2v) is 15.6. The largest absolute Gasteiger partial charge is 0.323 e. The van der Waals surface area contributed by atoms with Crippen LogP contribution in [0.1, 0.15) is 37.9 Å². The van der Waals surface area contributed by atoms with E-state index in [1.165, 1.54) is 32.6 Å². The molecule has 2 aliphatic carbocycles. The van der Waals surface area contributed by atoms with Gasteiger partial charge in [-0.3, -0.25) is 4.57 Å². The van der Waals surface area contributed by atoms with Crippen LogP contribution in [0.25, 0.3) is 79.3 Å². The van der Waals surface area contributed by atoms with Crippen molar-refractivity contribution in [2.45, 2.75) is 39.0 Å². The summed E-state index contributed by atoms with van der Waals surface area (Å²) in [5, 5.41) is 10.5. The molecule has 4 aliphatic rings. The van der Waals surface area contributed by atoms with Gasteiger partial charge in [-0.05, 0) is 87.4 Å². The summed E-state index contributed by atoms with van der Waals surface area (Å²) in [5.74, 6) is 3.72. The lowest BCUT2D eigenvalue weighted by atomic mass is 9.90. The van der Waals surface area contributed by atoms with E-state index in [0.717, 1.165) is 68.3 Å². The Morgan fingerprint density at radius 3 is 2.27 bits per heavy atom. The molecule has 0 fully saturated rings. The number of aliphatic imine (C=N–C) groups is 2. The zero-order valence-corrected chi connectivity index (χ0v) is 33.6. The molecule has 0 bridgehead atoms. The Balaban J connectivity index is 1.12. The number of fused-ring (bicyclic) bond motifs is 8. The highest BCUT2D eigenvalue weighted by molar-refractivity contribution is 6.17. The minimum Gasteiger partial charge on any atom is -0.323 e. The van der Waals surface area contributed by atoms with Gasteiger partial charge in [0.15, 0.2) is 0 Å². The van der Waals surface area contributed by atoms with Crippen molar-refractivity contribution in [2.24, 2.45) is 15.9 Å². The van der Waals surface area contributed by atoms with Gasteiger partial charge >= 0.3 is 0 Å². The van der Waals surface area contributed by atoms with Gasteiger partial charge in [0.05, 0.1) is 51.2 Å². The van der Waals surface area contributed by atoms with Crippen LogP contribution in [0.15, 0.2) is 155 Å². The molecule has 290 valence electrons. The number of nitrogens with zero attached hydrogens (tertiary/aromatic N) is 6. The number of para-hydroxylation sites is 3. The number of hydrogen-bond donors (Lipinski definition) is 1. The number of aromatic nitrogens is 3. The smallest absolute Gasteiger partial charge is 0.222 e. The zero-order chi connectivity index (χ0) is 40.5. The summed E-state index contributed by atoms with van der Waals surface area (Å²) < 4.78 is 6.99. The SMILES string of the molecule is C#CC1=C(/C=C\C)N(C2N=CNC(n3c(/C=C\C)c(C=C)c4cc5c(cc43)c3ccccc3n5C3=CCCC=C3)=N2)[C@H]2C=c3c(n(-c4ccccc4)c4ccccc34)=CC12. The van der Waals surface area contributed by atoms with Gasteiger partial charge in [-0.15, -0.1) is 6.42 Å². The third kappa shape index (κ3) is 5.17. The van der Waals surface area contributed by atoms with E-state index in [0.29, 0.717) is 5.96 Å². The van der Waals surface area contributed by atoms with E-state index < -0.39 is 6.29 Å². The quantitative estimate of drug-likeness (QED) is 0.171. The second-order valence-electron chi connectivity index (χ2n) is 15.6. The van der Waals surface area contributed by atoms with E-state index in [2.05, 4.69) is 182 Å². The maximum Gasteiger partial charge on any atom is 0.222 e. The number of terminal acetylenes is 1. The number of nitrogens with one attached hydrogen (secondary N) is 1. The minimum atomic E-state index is -0.599. The molecule has 5 heterocycles. The van der Waals surface area contributed by atoms with Gasteiger partial charge in [-0.1, -0.05) is 104 Å². The van der Waals surface area contributed by atoms with E-state index >= 15 is 0 Å². The van der Waals surface area contributed by atoms with Crippen LogP contribution in [0.4, 0.5) is 0 Å². The van der Waals surface area contributed by atoms with Crippen molar-refractivity contribution in [3.63, 3.8) is 0 Å². The van der Waals surface area contributed by atoms with Gasteiger partial charge in [0.2, 0.25) is 12.2 Å². The molecule has 60 heavy (non-hydrogen) atoms. The fourth-order valence-corrected chi connectivity index (χ4v) is 9.98. The first-order chi connectivity index (χ1) is 29.6. The Morgan fingerprint density at radius 2 is 1.52 bits per heavy atom. The Kier molecular flexibility index (Phi) is 8.35. The van der Waals surface area contributed by atoms with Crippen molar-refractivity contribution < 1.29 is 0 Å². The van der Waals surface area contributed by atoms with Gasteiger partial charge < -0.3 is 19.4 Å². The van der Waals surface area contributed by atoms with E-state index in [-0.39, 0.29) is 12.0 Å². The highest BCUT2D eigenvalue weighted by atomic mass is 15.4. The van der Waals surface area contributed by atoms with Crippen molar-refractivity contribution >= 4 is 85.9 Å². The lowest BCUT2D eigenvalue weighted by Crippen LogP contribution is -2.47. The molecule has 3 aromatic heterocycles. The van der Waals surface area contributed by atoms with Crippen LogP contribution in [0.3, 0.4) is 0 Å². The molecule has 2 unspecified atom stereocenters. The molecular weight excluding hydrogens is 735 g/mol.